The van der Waals surface area contributed by atoms with Crippen molar-refractivity contribution in [3.05, 3.63) is 29.5 Å². The number of carbonyl (C=O) groups excluding carboxylic acids is 2. The van der Waals surface area contributed by atoms with Gasteiger partial charge in [-0.2, -0.15) is 0 Å². The molecule has 4 N–H and O–H groups in total. The predicted octanol–water partition coefficient (Wildman–Crippen LogP) is 1.18. The van der Waals surface area contributed by atoms with E-state index >= 15 is 0 Å². The molecule has 2 atom stereocenters. The average Bonchev–Trinajstić information content (AvgIpc) is 3.15. The second kappa shape index (κ2) is 10.8. The first-order valence-electron chi connectivity index (χ1n) is 8.94. The molecule has 0 aliphatic heterocycles. The first-order valence-corrected chi connectivity index (χ1v) is 8.94. The van der Waals surface area contributed by atoms with Gasteiger partial charge in [0.2, 0.25) is 0 Å². The lowest BCUT2D eigenvalue weighted by molar-refractivity contribution is -0.154. The number of fused-ring (bicyclic) bond motifs is 1. The van der Waals surface area contributed by atoms with Crippen molar-refractivity contribution in [1.29, 1.82) is 0 Å². The third kappa shape index (κ3) is 6.16. The van der Waals surface area contributed by atoms with Crippen LogP contribution in [0.1, 0.15) is 35.5 Å². The van der Waals surface area contributed by atoms with Crippen molar-refractivity contribution in [2.24, 2.45) is 0 Å². The maximum absolute atomic E-state index is 12.0. The van der Waals surface area contributed by atoms with Gasteiger partial charge in [0.1, 0.15) is 11.4 Å². The molecule has 10 heteroatoms. The molecule has 10 nitrogen and oxygen atoms in total. The van der Waals surface area contributed by atoms with Crippen molar-refractivity contribution >= 4 is 22.8 Å². The minimum Gasteiger partial charge on any atom is -0.506 e. The number of ether oxygens (including phenoxy) is 4. The summed E-state index contributed by atoms with van der Waals surface area (Å²) < 4.78 is 19.1. The minimum atomic E-state index is -0.950. The van der Waals surface area contributed by atoms with E-state index in [4.69, 9.17) is 14.2 Å². The van der Waals surface area contributed by atoms with Crippen LogP contribution in [0.25, 0.3) is 10.9 Å². The van der Waals surface area contributed by atoms with Crippen LogP contribution in [0.2, 0.25) is 0 Å². The fraction of sp³-hybridized carbons (Fsp3) is 0.474. The zero-order valence-corrected chi connectivity index (χ0v) is 16.6. The Balaban J connectivity index is 2.07. The highest BCUT2D eigenvalue weighted by molar-refractivity contribution is 5.98. The summed E-state index contributed by atoms with van der Waals surface area (Å²) in [5.41, 5.74) is 0.929. The third-order valence-electron chi connectivity index (χ3n) is 4.16. The number of H-pyrrole nitrogens is 1. The molecule has 0 radical (unpaired) electrons. The Kier molecular flexibility index (Phi) is 8.40. The van der Waals surface area contributed by atoms with Crippen molar-refractivity contribution in [1.82, 2.24) is 10.3 Å². The number of carbonyl (C=O) groups is 2. The average molecular weight is 410 g/mol. The first kappa shape index (κ1) is 22.6. The van der Waals surface area contributed by atoms with Crippen molar-refractivity contribution in [2.45, 2.75) is 25.5 Å². The van der Waals surface area contributed by atoms with E-state index in [1.54, 1.807) is 13.0 Å². The summed E-state index contributed by atoms with van der Waals surface area (Å²) in [7, 11) is 2.82. The number of aliphatic hydroxyl groups excluding tert-OH is 1. The maximum Gasteiger partial charge on any atom is 0.356 e. The number of aliphatic hydroxyl groups is 1. The topological polar surface area (TPSA) is 139 Å². The van der Waals surface area contributed by atoms with Gasteiger partial charge in [0, 0.05) is 32.2 Å². The van der Waals surface area contributed by atoms with Crippen molar-refractivity contribution in [2.75, 3.05) is 34.4 Å². The number of phenolic OH excluding ortho intramolecular Hbond substituents is 1. The Hall–Kier alpha value is -2.66. The summed E-state index contributed by atoms with van der Waals surface area (Å²) in [6, 6.07) is 4.25. The van der Waals surface area contributed by atoms with Gasteiger partial charge in [-0.1, -0.05) is 6.07 Å². The molecule has 1 heterocycles. The molecule has 1 aromatic heterocycles. The second-order valence-corrected chi connectivity index (χ2v) is 6.44. The van der Waals surface area contributed by atoms with Crippen molar-refractivity contribution in [3.63, 3.8) is 0 Å². The quantitative estimate of drug-likeness (QED) is 0.318. The van der Waals surface area contributed by atoms with Gasteiger partial charge < -0.3 is 39.5 Å². The molecular formula is C19H26N2O8. The fourth-order valence-corrected chi connectivity index (χ4v) is 2.75. The van der Waals surface area contributed by atoms with E-state index in [1.807, 2.05) is 0 Å². The van der Waals surface area contributed by atoms with Gasteiger partial charge in [-0.15, -0.1) is 0 Å². The van der Waals surface area contributed by atoms with Gasteiger partial charge in [-0.05, 0) is 24.6 Å². The van der Waals surface area contributed by atoms with Crippen LogP contribution < -0.4 is 5.32 Å². The third-order valence-corrected chi connectivity index (χ3v) is 4.16. The molecule has 2 aromatic rings. The van der Waals surface area contributed by atoms with Crippen LogP contribution in [-0.2, 0) is 23.7 Å². The van der Waals surface area contributed by atoms with Crippen LogP contribution in [0.4, 0.5) is 0 Å². The van der Waals surface area contributed by atoms with E-state index in [0.717, 1.165) is 0 Å². The maximum atomic E-state index is 12.0. The number of hydrogen-bond acceptors (Lipinski definition) is 9. The van der Waals surface area contributed by atoms with Crippen LogP contribution in [0.5, 0.6) is 5.75 Å². The largest absolute Gasteiger partial charge is 0.506 e. The number of aromatic hydroxyl groups is 1. The SMILES string of the molecule is COCOC(=O)CC(C)NCC(O)c1ccc(O)c2[nH]c(C(=O)OCOC)cc12. The van der Waals surface area contributed by atoms with Crippen molar-refractivity contribution in [3.8, 4) is 5.75 Å². The van der Waals surface area contributed by atoms with Gasteiger partial charge in [-0.3, -0.25) is 4.79 Å². The number of esters is 2. The highest BCUT2D eigenvalue weighted by atomic mass is 16.7. The van der Waals surface area contributed by atoms with Crippen LogP contribution in [-0.4, -0.2) is 67.5 Å². The molecule has 0 spiro atoms. The van der Waals surface area contributed by atoms with Crippen LogP contribution >= 0.6 is 0 Å². The Morgan fingerprint density at radius 3 is 2.55 bits per heavy atom. The zero-order chi connectivity index (χ0) is 21.4. The number of benzene rings is 1. The molecule has 0 aliphatic carbocycles. The van der Waals surface area contributed by atoms with Crippen LogP contribution in [0.15, 0.2) is 18.2 Å². The van der Waals surface area contributed by atoms with E-state index in [-0.39, 0.29) is 44.0 Å². The molecule has 29 heavy (non-hydrogen) atoms. The summed E-state index contributed by atoms with van der Waals surface area (Å²) in [4.78, 5) is 26.4. The summed E-state index contributed by atoms with van der Waals surface area (Å²) >= 11 is 0. The number of methoxy groups -OCH3 is 2. The van der Waals surface area contributed by atoms with E-state index in [1.165, 1.54) is 26.4 Å². The molecule has 0 aliphatic rings. The lowest BCUT2D eigenvalue weighted by atomic mass is 10.0. The number of hydrogen-bond donors (Lipinski definition) is 4. The molecule has 1 aromatic carbocycles. The summed E-state index contributed by atoms with van der Waals surface area (Å²) in [5.74, 6) is -1.13. The van der Waals surface area contributed by atoms with E-state index in [2.05, 4.69) is 15.0 Å². The van der Waals surface area contributed by atoms with E-state index < -0.39 is 18.0 Å². The predicted molar refractivity (Wildman–Crippen MR) is 102 cm³/mol. The van der Waals surface area contributed by atoms with Gasteiger partial charge in [0.25, 0.3) is 0 Å². The van der Waals surface area contributed by atoms with Gasteiger partial charge in [-0.25, -0.2) is 4.79 Å². The summed E-state index contributed by atoms with van der Waals surface area (Å²) in [6.07, 6.45) is -0.838. The summed E-state index contributed by atoms with van der Waals surface area (Å²) in [5, 5.41) is 24.2. The minimum absolute atomic E-state index is 0.0658. The molecule has 160 valence electrons. The van der Waals surface area contributed by atoms with Crippen molar-refractivity contribution < 1.29 is 38.7 Å². The standard InChI is InChI=1S/C19H26N2O8/c1-11(6-17(24)28-9-26-2)20-8-16(23)12-4-5-15(22)18-13(12)7-14(21-18)19(25)29-10-27-3/h4-5,7,11,16,20-23H,6,8-10H2,1-3H3. The Labute approximate surface area is 167 Å². The number of nitrogens with one attached hydrogen (secondary N) is 2. The van der Waals surface area contributed by atoms with Crippen LogP contribution in [0, 0.1) is 0 Å². The first-order chi connectivity index (χ1) is 13.9. The van der Waals surface area contributed by atoms with E-state index in [0.29, 0.717) is 16.5 Å². The van der Waals surface area contributed by atoms with Gasteiger partial charge >= 0.3 is 11.9 Å². The number of aromatic amines is 1. The summed E-state index contributed by atoms with van der Waals surface area (Å²) in [6.45, 7) is 1.62. The fourth-order valence-electron chi connectivity index (χ4n) is 2.75. The molecular weight excluding hydrogens is 384 g/mol. The molecule has 2 rings (SSSR count). The smallest absolute Gasteiger partial charge is 0.356 e. The zero-order valence-electron chi connectivity index (χ0n) is 16.6. The molecule has 0 bridgehead atoms. The molecule has 0 fully saturated rings. The number of aromatic nitrogens is 1. The molecule has 0 amide bonds. The lowest BCUT2D eigenvalue weighted by Crippen LogP contribution is -2.32. The molecule has 0 saturated carbocycles. The molecule has 0 saturated heterocycles. The highest BCUT2D eigenvalue weighted by Gasteiger charge is 2.20. The normalized spacial score (nSPS) is 13.2. The number of rotatable bonds is 11. The highest BCUT2D eigenvalue weighted by Crippen LogP contribution is 2.31. The number of phenols is 1. The Bertz CT molecular complexity index is 835. The van der Waals surface area contributed by atoms with E-state index in [9.17, 15) is 19.8 Å². The monoisotopic (exact) mass is 410 g/mol. The van der Waals surface area contributed by atoms with Crippen LogP contribution in [0.3, 0.4) is 0 Å². The second-order valence-electron chi connectivity index (χ2n) is 6.44. The lowest BCUT2D eigenvalue weighted by Gasteiger charge is -2.17. The Morgan fingerprint density at radius 1 is 1.17 bits per heavy atom. The van der Waals surface area contributed by atoms with Gasteiger partial charge in [0.05, 0.1) is 18.0 Å². The van der Waals surface area contributed by atoms with Gasteiger partial charge in [0.15, 0.2) is 13.6 Å². The molecule has 2 unspecified atom stereocenters. The Morgan fingerprint density at radius 2 is 1.86 bits per heavy atom.